The lowest BCUT2D eigenvalue weighted by atomic mass is 9.84. The van der Waals surface area contributed by atoms with E-state index in [0.29, 0.717) is 19.4 Å². The highest BCUT2D eigenvalue weighted by Crippen LogP contribution is 2.42. The summed E-state index contributed by atoms with van der Waals surface area (Å²) in [4.78, 5) is 2.28. The van der Waals surface area contributed by atoms with Crippen LogP contribution in [0.15, 0.2) is 12.1 Å². The minimum atomic E-state index is -2.93. The second-order valence-corrected chi connectivity index (χ2v) is 7.74. The van der Waals surface area contributed by atoms with E-state index in [4.69, 9.17) is 21.1 Å². The molecule has 25 heavy (non-hydrogen) atoms. The predicted octanol–water partition coefficient (Wildman–Crippen LogP) is 2.94. The maximum absolute atomic E-state index is 10.7. The van der Waals surface area contributed by atoms with E-state index >= 15 is 0 Å². The monoisotopic (exact) mass is 354 g/mol. The first-order valence-electron chi connectivity index (χ1n) is 11.2. The van der Waals surface area contributed by atoms with Crippen LogP contribution in [-0.4, -0.2) is 54.6 Å². The average molecular weight is 355 g/mol. The molecule has 0 aliphatic carbocycles. The molecule has 5 heteroatoms. The Bertz CT molecular complexity index is 778. The van der Waals surface area contributed by atoms with Crippen molar-refractivity contribution in [1.29, 1.82) is 0 Å². The topological polar surface area (TPSA) is 51.2 Å². The predicted molar refractivity (Wildman–Crippen MR) is 97.4 cm³/mol. The van der Waals surface area contributed by atoms with Gasteiger partial charge in [0.25, 0.3) is 0 Å². The highest BCUT2D eigenvalue weighted by molar-refractivity contribution is 5.49. The van der Waals surface area contributed by atoms with Crippen molar-refractivity contribution in [3.8, 4) is 11.5 Å². The van der Waals surface area contributed by atoms with Crippen LogP contribution in [0, 0.1) is 0 Å². The molecule has 0 spiro atoms. The summed E-state index contributed by atoms with van der Waals surface area (Å²) >= 11 is 0. The first kappa shape index (κ1) is 13.0. The molecule has 1 aromatic carbocycles. The molecule has 1 fully saturated rings. The van der Waals surface area contributed by atoms with Gasteiger partial charge in [-0.2, -0.15) is 0 Å². The van der Waals surface area contributed by atoms with Gasteiger partial charge in [-0.05, 0) is 63.7 Å². The van der Waals surface area contributed by atoms with Gasteiger partial charge in [-0.15, -0.1) is 0 Å². The number of ether oxygens (including phenoxy) is 3. The number of hydrogen-bond acceptors (Lipinski definition) is 5. The molecule has 3 unspecified atom stereocenters. The molecule has 0 aromatic heterocycles. The molecule has 5 nitrogen and oxygen atoms in total. The van der Waals surface area contributed by atoms with Crippen LogP contribution in [-0.2, 0) is 11.2 Å². The van der Waals surface area contributed by atoms with Crippen LogP contribution < -0.4 is 9.47 Å². The average Bonchev–Trinajstić information content (AvgIpc) is 2.59. The maximum atomic E-state index is 10.7. The molecule has 3 rings (SSSR count). The number of rotatable bonds is 4. The van der Waals surface area contributed by atoms with Crippen LogP contribution in [0.5, 0.6) is 11.5 Å². The van der Waals surface area contributed by atoms with Crippen molar-refractivity contribution in [3.05, 3.63) is 23.3 Å². The third kappa shape index (κ3) is 3.94. The van der Waals surface area contributed by atoms with Gasteiger partial charge < -0.3 is 19.3 Å². The Morgan fingerprint density at radius 3 is 2.84 bits per heavy atom. The standard InChI is InChI=1S/C20H31NO4/c1-6-24-18-9-13-7-8-21-12-19(25-20(2,3)4)16(22)11-15(21)14(13)10-17(18)23-5/h9-10,15-16,19,22H,6-8,11-12H2,1-5H3/i1D3,6D2. The molecular weight excluding hydrogens is 318 g/mol. The largest absolute Gasteiger partial charge is 0.493 e. The molecule has 1 N–H and O–H groups in total. The van der Waals surface area contributed by atoms with Crippen molar-refractivity contribution < 1.29 is 26.2 Å². The van der Waals surface area contributed by atoms with Crippen molar-refractivity contribution in [2.24, 2.45) is 0 Å². The third-order valence-corrected chi connectivity index (χ3v) is 4.87. The van der Waals surface area contributed by atoms with Gasteiger partial charge in [0.2, 0.25) is 0 Å². The molecule has 0 bridgehead atoms. The number of fused-ring (bicyclic) bond motifs is 3. The molecule has 0 amide bonds. The number of aliphatic hydroxyl groups excluding tert-OH is 1. The summed E-state index contributed by atoms with van der Waals surface area (Å²) in [5, 5.41) is 10.7. The molecule has 2 aliphatic rings. The Labute approximate surface area is 157 Å². The maximum Gasteiger partial charge on any atom is 0.161 e. The van der Waals surface area contributed by atoms with Crippen LogP contribution >= 0.6 is 0 Å². The second kappa shape index (κ2) is 7.14. The second-order valence-electron chi connectivity index (χ2n) is 7.74. The Morgan fingerprint density at radius 1 is 1.36 bits per heavy atom. The molecule has 140 valence electrons. The molecule has 1 aromatic rings. The summed E-state index contributed by atoms with van der Waals surface area (Å²) < 4.78 is 54.3. The van der Waals surface area contributed by atoms with Crippen LogP contribution in [0.3, 0.4) is 0 Å². The van der Waals surface area contributed by atoms with E-state index < -0.39 is 19.5 Å². The van der Waals surface area contributed by atoms with E-state index in [1.807, 2.05) is 20.8 Å². The van der Waals surface area contributed by atoms with Gasteiger partial charge in [0.05, 0.1) is 34.2 Å². The quantitative estimate of drug-likeness (QED) is 0.901. The van der Waals surface area contributed by atoms with E-state index in [1.165, 1.54) is 7.11 Å². The highest BCUT2D eigenvalue weighted by atomic mass is 16.5. The van der Waals surface area contributed by atoms with E-state index in [0.717, 1.165) is 17.7 Å². The molecular formula is C20H31NO4. The molecule has 2 aliphatic heterocycles. The van der Waals surface area contributed by atoms with Gasteiger partial charge in [-0.3, -0.25) is 4.90 Å². The number of piperidine rings is 1. The smallest absolute Gasteiger partial charge is 0.161 e. The normalized spacial score (nSPS) is 30.8. The van der Waals surface area contributed by atoms with E-state index in [9.17, 15) is 5.11 Å². The first-order valence-corrected chi connectivity index (χ1v) is 8.71. The lowest BCUT2D eigenvalue weighted by Crippen LogP contribution is -2.53. The van der Waals surface area contributed by atoms with Crippen LogP contribution in [0.25, 0.3) is 0 Å². The molecule has 3 atom stereocenters. The SMILES string of the molecule is [2H]C([2H])([2H])C([2H])([2H])Oc1cc2c(cc1OC)C1CC(O)C(OC(C)(C)C)CN1CC2. The van der Waals surface area contributed by atoms with Crippen molar-refractivity contribution in [2.75, 3.05) is 26.8 Å². The number of benzene rings is 1. The van der Waals surface area contributed by atoms with E-state index in [-0.39, 0.29) is 29.2 Å². The van der Waals surface area contributed by atoms with Crippen molar-refractivity contribution >= 4 is 0 Å². The van der Waals surface area contributed by atoms with E-state index in [1.54, 1.807) is 12.1 Å². The fourth-order valence-corrected chi connectivity index (χ4v) is 3.85. The highest BCUT2D eigenvalue weighted by Gasteiger charge is 2.40. The van der Waals surface area contributed by atoms with Crippen LogP contribution in [0.4, 0.5) is 0 Å². The van der Waals surface area contributed by atoms with Gasteiger partial charge in [0.1, 0.15) is 0 Å². The van der Waals surface area contributed by atoms with Gasteiger partial charge in [-0.1, -0.05) is 0 Å². The van der Waals surface area contributed by atoms with Crippen molar-refractivity contribution in [2.45, 2.75) is 64.3 Å². The Balaban J connectivity index is 1.88. The summed E-state index contributed by atoms with van der Waals surface area (Å²) in [6.45, 7) is 1.52. The Hall–Kier alpha value is -1.30. The van der Waals surface area contributed by atoms with Gasteiger partial charge in [0, 0.05) is 23.2 Å². The first-order chi connectivity index (χ1) is 13.7. The Kier molecular flexibility index (Phi) is 3.70. The van der Waals surface area contributed by atoms with Gasteiger partial charge in [0.15, 0.2) is 11.5 Å². The van der Waals surface area contributed by atoms with Gasteiger partial charge >= 0.3 is 0 Å². The number of methoxy groups -OCH3 is 1. The number of nitrogens with zero attached hydrogens (tertiary/aromatic N) is 1. The minimum absolute atomic E-state index is 0.0223. The molecule has 0 saturated carbocycles. The summed E-state index contributed by atoms with van der Waals surface area (Å²) in [5.41, 5.74) is 1.58. The van der Waals surface area contributed by atoms with Crippen molar-refractivity contribution in [1.82, 2.24) is 4.90 Å². The fourth-order valence-electron chi connectivity index (χ4n) is 3.85. The zero-order chi connectivity index (χ0) is 22.5. The summed E-state index contributed by atoms with van der Waals surface area (Å²) in [6, 6.07) is 3.42. The lowest BCUT2D eigenvalue weighted by Gasteiger charge is -2.46. The lowest BCUT2D eigenvalue weighted by molar-refractivity contribution is -0.149. The third-order valence-electron chi connectivity index (χ3n) is 4.87. The van der Waals surface area contributed by atoms with Gasteiger partial charge in [-0.25, -0.2) is 0 Å². The molecule has 2 heterocycles. The number of aliphatic hydroxyl groups is 1. The summed E-state index contributed by atoms with van der Waals surface area (Å²) in [5.74, 6) is 0.336. The summed E-state index contributed by atoms with van der Waals surface area (Å²) in [7, 11) is 1.43. The van der Waals surface area contributed by atoms with Crippen molar-refractivity contribution in [3.63, 3.8) is 0 Å². The fraction of sp³-hybridized carbons (Fsp3) is 0.700. The minimum Gasteiger partial charge on any atom is -0.493 e. The summed E-state index contributed by atoms with van der Waals surface area (Å²) in [6.07, 6.45) is 0.330. The molecule has 0 radical (unpaired) electrons. The molecule has 1 saturated heterocycles. The zero-order valence-electron chi connectivity index (χ0n) is 20.3. The van der Waals surface area contributed by atoms with E-state index in [2.05, 4.69) is 4.90 Å². The Morgan fingerprint density at radius 2 is 2.16 bits per heavy atom. The van der Waals surface area contributed by atoms with Crippen LogP contribution in [0.1, 0.15) is 58.1 Å². The zero-order valence-corrected chi connectivity index (χ0v) is 15.3. The number of hydrogen-bond donors (Lipinski definition) is 1. The van der Waals surface area contributed by atoms with Crippen LogP contribution in [0.2, 0.25) is 0 Å².